The van der Waals surface area contributed by atoms with Crippen molar-refractivity contribution in [1.82, 2.24) is 5.32 Å². The average molecular weight is 237 g/mol. The van der Waals surface area contributed by atoms with Gasteiger partial charge in [-0.3, -0.25) is 0 Å². The van der Waals surface area contributed by atoms with Gasteiger partial charge in [0.1, 0.15) is 0 Å². The molecule has 0 spiro atoms. The zero-order chi connectivity index (χ0) is 12.3. The lowest BCUT2D eigenvalue weighted by Gasteiger charge is -2.13. The van der Waals surface area contributed by atoms with E-state index < -0.39 is 0 Å². The molecule has 1 unspecified atom stereocenters. The van der Waals surface area contributed by atoms with Crippen molar-refractivity contribution >= 4 is 0 Å². The molecule has 1 fully saturated rings. The van der Waals surface area contributed by atoms with Crippen LogP contribution in [0.4, 0.5) is 4.39 Å². The number of hydrogen-bond acceptors (Lipinski definition) is 2. The Balaban J connectivity index is 2.02. The number of ether oxygens (including phenoxy) is 1. The largest absolute Gasteiger partial charge is 0.488 e. The molecular formula is C14H20FNO. The van der Waals surface area contributed by atoms with E-state index in [0.29, 0.717) is 11.8 Å². The van der Waals surface area contributed by atoms with Crippen molar-refractivity contribution in [3.05, 3.63) is 29.6 Å². The zero-order valence-electron chi connectivity index (χ0n) is 10.5. The zero-order valence-corrected chi connectivity index (χ0v) is 10.5. The summed E-state index contributed by atoms with van der Waals surface area (Å²) in [6.45, 7) is 4.88. The monoisotopic (exact) mass is 237 g/mol. The van der Waals surface area contributed by atoms with Crippen LogP contribution >= 0.6 is 0 Å². The van der Waals surface area contributed by atoms with Gasteiger partial charge in [-0.15, -0.1) is 0 Å². The van der Waals surface area contributed by atoms with Gasteiger partial charge in [0, 0.05) is 6.04 Å². The Labute approximate surface area is 102 Å². The molecule has 1 N–H and O–H groups in total. The summed E-state index contributed by atoms with van der Waals surface area (Å²) in [4.78, 5) is 0. The lowest BCUT2D eigenvalue weighted by molar-refractivity contribution is 0.231. The molecule has 0 aliphatic carbocycles. The van der Waals surface area contributed by atoms with E-state index in [-0.39, 0.29) is 11.9 Å². The summed E-state index contributed by atoms with van der Waals surface area (Å²) in [5, 5.41) is 3.42. The smallest absolute Gasteiger partial charge is 0.165 e. The van der Waals surface area contributed by atoms with Crippen molar-refractivity contribution in [2.45, 2.75) is 45.3 Å². The Bertz CT molecular complexity index is 372. The second kappa shape index (κ2) is 5.50. The second-order valence-electron chi connectivity index (χ2n) is 4.93. The molecule has 17 heavy (non-hydrogen) atoms. The van der Waals surface area contributed by atoms with Gasteiger partial charge < -0.3 is 10.1 Å². The first-order chi connectivity index (χ1) is 8.15. The highest BCUT2D eigenvalue weighted by atomic mass is 19.1. The summed E-state index contributed by atoms with van der Waals surface area (Å²) in [6.07, 6.45) is 3.32. The fraction of sp³-hybridized carbons (Fsp3) is 0.571. The molecule has 0 aromatic heterocycles. The van der Waals surface area contributed by atoms with Crippen LogP contribution in [-0.2, 0) is 6.42 Å². The minimum absolute atomic E-state index is 0.00634. The number of nitrogens with one attached hydrogen (secondary N) is 1. The standard InChI is InChI=1S/C14H20FNO/c1-10(2)17-14-6-5-11(9-13(14)15)8-12-4-3-7-16-12/h5-6,9-10,12,16H,3-4,7-8H2,1-2H3. The summed E-state index contributed by atoms with van der Waals surface area (Å²) in [5.41, 5.74) is 1.04. The first kappa shape index (κ1) is 12.4. The Hall–Kier alpha value is -1.09. The van der Waals surface area contributed by atoms with Gasteiger partial charge in [0.15, 0.2) is 11.6 Å². The van der Waals surface area contributed by atoms with E-state index in [4.69, 9.17) is 4.74 Å². The molecule has 3 heteroatoms. The van der Waals surface area contributed by atoms with Crippen molar-refractivity contribution in [1.29, 1.82) is 0 Å². The molecule has 0 saturated carbocycles. The van der Waals surface area contributed by atoms with Crippen LogP contribution in [0.2, 0.25) is 0 Å². The van der Waals surface area contributed by atoms with E-state index in [1.54, 1.807) is 12.1 Å². The van der Waals surface area contributed by atoms with Crippen LogP contribution in [0.3, 0.4) is 0 Å². The van der Waals surface area contributed by atoms with Gasteiger partial charge in [0.2, 0.25) is 0 Å². The maximum atomic E-state index is 13.7. The molecule has 0 bridgehead atoms. The van der Waals surface area contributed by atoms with Crippen molar-refractivity contribution in [3.63, 3.8) is 0 Å². The predicted octanol–water partition coefficient (Wildman–Crippen LogP) is 2.91. The van der Waals surface area contributed by atoms with Gasteiger partial charge in [-0.25, -0.2) is 4.39 Å². The number of benzene rings is 1. The molecule has 2 nitrogen and oxygen atoms in total. The molecule has 1 aromatic rings. The van der Waals surface area contributed by atoms with Crippen LogP contribution in [-0.4, -0.2) is 18.7 Å². The molecular weight excluding hydrogens is 217 g/mol. The van der Waals surface area contributed by atoms with Gasteiger partial charge in [-0.2, -0.15) is 0 Å². The normalized spacial score (nSPS) is 19.9. The van der Waals surface area contributed by atoms with E-state index in [1.807, 2.05) is 19.9 Å². The van der Waals surface area contributed by atoms with E-state index in [2.05, 4.69) is 5.32 Å². The maximum Gasteiger partial charge on any atom is 0.165 e. The molecule has 2 rings (SSSR count). The minimum atomic E-state index is -0.255. The number of halogens is 1. The lowest BCUT2D eigenvalue weighted by atomic mass is 10.0. The number of hydrogen-bond donors (Lipinski definition) is 1. The fourth-order valence-electron chi connectivity index (χ4n) is 2.24. The molecule has 1 aromatic carbocycles. The maximum absolute atomic E-state index is 13.7. The molecule has 1 heterocycles. The van der Waals surface area contributed by atoms with E-state index in [0.717, 1.165) is 18.5 Å². The average Bonchev–Trinajstić information content (AvgIpc) is 2.74. The Morgan fingerprint density at radius 1 is 1.47 bits per heavy atom. The summed E-state index contributed by atoms with van der Waals surface area (Å²) >= 11 is 0. The lowest BCUT2D eigenvalue weighted by Crippen LogP contribution is -2.23. The Morgan fingerprint density at radius 3 is 2.88 bits per heavy atom. The van der Waals surface area contributed by atoms with Crippen molar-refractivity contribution in [2.24, 2.45) is 0 Å². The van der Waals surface area contributed by atoms with Gasteiger partial charge in [0.05, 0.1) is 6.10 Å². The fourth-order valence-corrected chi connectivity index (χ4v) is 2.24. The molecule has 1 atom stereocenters. The molecule has 1 aliphatic heterocycles. The second-order valence-corrected chi connectivity index (χ2v) is 4.93. The minimum Gasteiger partial charge on any atom is -0.488 e. The molecule has 1 saturated heterocycles. The topological polar surface area (TPSA) is 21.3 Å². The van der Waals surface area contributed by atoms with Crippen LogP contribution in [0.15, 0.2) is 18.2 Å². The van der Waals surface area contributed by atoms with Gasteiger partial charge in [-0.05, 0) is 57.4 Å². The van der Waals surface area contributed by atoms with E-state index >= 15 is 0 Å². The van der Waals surface area contributed by atoms with Gasteiger partial charge >= 0.3 is 0 Å². The van der Waals surface area contributed by atoms with Crippen LogP contribution in [0.25, 0.3) is 0 Å². The van der Waals surface area contributed by atoms with Crippen LogP contribution < -0.4 is 10.1 Å². The van der Waals surface area contributed by atoms with Gasteiger partial charge in [-0.1, -0.05) is 6.07 Å². The highest BCUT2D eigenvalue weighted by molar-refractivity contribution is 5.30. The summed E-state index contributed by atoms with van der Waals surface area (Å²) in [5.74, 6) is 0.0947. The molecule has 94 valence electrons. The number of rotatable bonds is 4. The predicted molar refractivity (Wildman–Crippen MR) is 66.9 cm³/mol. The third-order valence-electron chi connectivity index (χ3n) is 3.00. The van der Waals surface area contributed by atoms with E-state index in [9.17, 15) is 4.39 Å². The van der Waals surface area contributed by atoms with Crippen molar-refractivity contribution < 1.29 is 9.13 Å². The highest BCUT2D eigenvalue weighted by Gasteiger charge is 2.15. The van der Waals surface area contributed by atoms with Crippen LogP contribution in [0.1, 0.15) is 32.3 Å². The summed E-state index contributed by atoms with van der Waals surface area (Å²) < 4.78 is 19.1. The van der Waals surface area contributed by atoms with Crippen LogP contribution in [0.5, 0.6) is 5.75 Å². The SMILES string of the molecule is CC(C)Oc1ccc(CC2CCCN2)cc1F. The highest BCUT2D eigenvalue weighted by Crippen LogP contribution is 2.21. The third kappa shape index (κ3) is 3.43. The summed E-state index contributed by atoms with van der Waals surface area (Å²) in [7, 11) is 0. The van der Waals surface area contributed by atoms with Crippen molar-refractivity contribution in [3.8, 4) is 5.75 Å². The van der Waals surface area contributed by atoms with Gasteiger partial charge in [0.25, 0.3) is 0 Å². The quantitative estimate of drug-likeness (QED) is 0.869. The summed E-state index contributed by atoms with van der Waals surface area (Å²) in [6, 6.07) is 5.80. The molecule has 0 amide bonds. The van der Waals surface area contributed by atoms with E-state index in [1.165, 1.54) is 12.8 Å². The Kier molecular flexibility index (Phi) is 4.00. The molecule has 0 radical (unpaired) electrons. The van der Waals surface area contributed by atoms with Crippen molar-refractivity contribution in [2.75, 3.05) is 6.54 Å². The third-order valence-corrected chi connectivity index (χ3v) is 3.00. The molecule has 1 aliphatic rings. The van der Waals surface area contributed by atoms with Crippen LogP contribution in [0, 0.1) is 5.82 Å². The first-order valence-electron chi connectivity index (χ1n) is 6.33. The first-order valence-corrected chi connectivity index (χ1v) is 6.33. The Morgan fingerprint density at radius 2 is 2.29 bits per heavy atom.